The molecule has 0 radical (unpaired) electrons. The molecule has 3 aromatic rings. The maximum absolute atomic E-state index is 13.7. The zero-order valence-corrected chi connectivity index (χ0v) is 22.1. The van der Waals surface area contributed by atoms with Crippen molar-refractivity contribution in [3.63, 3.8) is 0 Å². The van der Waals surface area contributed by atoms with Gasteiger partial charge < -0.3 is 34.7 Å². The Kier molecular flexibility index (Phi) is 7.58. The van der Waals surface area contributed by atoms with Crippen molar-refractivity contribution in [2.45, 2.75) is 32.2 Å². The highest BCUT2D eigenvalue weighted by Gasteiger charge is 2.27. The molecule has 1 aliphatic heterocycles. The average molecular weight is 536 g/mol. The van der Waals surface area contributed by atoms with Gasteiger partial charge in [0.2, 0.25) is 0 Å². The molecule has 39 heavy (non-hydrogen) atoms. The van der Waals surface area contributed by atoms with Gasteiger partial charge in [-0.3, -0.25) is 4.79 Å². The lowest BCUT2D eigenvalue weighted by molar-refractivity contribution is 0.0600. The Hall–Kier alpha value is -4.28. The van der Waals surface area contributed by atoms with Crippen LogP contribution in [0.5, 0.6) is 5.75 Å². The first kappa shape index (κ1) is 26.3. The molecule has 2 aromatic heterocycles. The van der Waals surface area contributed by atoms with Crippen LogP contribution in [-0.4, -0.2) is 71.4 Å². The Labute approximate surface area is 226 Å². The predicted octanol–water partition coefficient (Wildman–Crippen LogP) is 4.30. The van der Waals surface area contributed by atoms with E-state index >= 15 is 0 Å². The Balaban J connectivity index is 1.43. The summed E-state index contributed by atoms with van der Waals surface area (Å²) in [4.78, 5) is 43.3. The van der Waals surface area contributed by atoms with E-state index in [-0.39, 0.29) is 17.4 Å². The van der Waals surface area contributed by atoms with Crippen LogP contribution in [0.3, 0.4) is 0 Å². The number of nitrogens with zero attached hydrogens (tertiary/aromatic N) is 3. The smallest absolute Gasteiger partial charge is 0.407 e. The third-order valence-corrected chi connectivity index (χ3v) is 7.47. The van der Waals surface area contributed by atoms with Gasteiger partial charge in [-0.2, -0.15) is 0 Å². The van der Waals surface area contributed by atoms with E-state index in [1.54, 1.807) is 18.3 Å². The molecule has 1 saturated carbocycles. The molecule has 2 fully saturated rings. The monoisotopic (exact) mass is 535 g/mol. The van der Waals surface area contributed by atoms with E-state index in [9.17, 15) is 19.5 Å². The van der Waals surface area contributed by atoms with Gasteiger partial charge in [0.25, 0.3) is 5.91 Å². The Bertz CT molecular complexity index is 1390. The second-order valence-corrected chi connectivity index (χ2v) is 10.1. The second-order valence-electron chi connectivity index (χ2n) is 10.1. The second kappa shape index (κ2) is 11.2. The topological polar surface area (TPSA) is 135 Å². The molecule has 206 valence electrons. The fourth-order valence-corrected chi connectivity index (χ4v) is 5.07. The highest BCUT2D eigenvalue weighted by atomic mass is 16.5. The number of nitrogens with one attached hydrogen (secondary N) is 2. The van der Waals surface area contributed by atoms with Crippen molar-refractivity contribution in [3.8, 4) is 5.75 Å². The molecule has 5 rings (SSSR count). The summed E-state index contributed by atoms with van der Waals surface area (Å²) < 4.78 is 12.5. The van der Waals surface area contributed by atoms with Crippen LogP contribution in [-0.2, 0) is 11.3 Å². The van der Waals surface area contributed by atoms with Crippen LogP contribution in [0.15, 0.2) is 36.5 Å². The van der Waals surface area contributed by atoms with Crippen molar-refractivity contribution >= 4 is 40.4 Å². The Morgan fingerprint density at radius 2 is 1.85 bits per heavy atom. The average Bonchev–Trinajstić information content (AvgIpc) is 3.70. The number of esters is 1. The molecule has 3 N–H and O–H groups in total. The molecule has 0 atom stereocenters. The lowest BCUT2D eigenvalue weighted by Crippen LogP contribution is -2.39. The van der Waals surface area contributed by atoms with Gasteiger partial charge in [0, 0.05) is 37.8 Å². The van der Waals surface area contributed by atoms with Gasteiger partial charge in [0.15, 0.2) is 0 Å². The molecule has 0 bridgehead atoms. The zero-order chi connectivity index (χ0) is 27.5. The number of benzene rings is 1. The summed E-state index contributed by atoms with van der Waals surface area (Å²) in [6.45, 7) is 2.22. The van der Waals surface area contributed by atoms with E-state index in [2.05, 4.69) is 15.6 Å². The number of likely N-dealkylation sites (tertiary alicyclic amines) is 1. The van der Waals surface area contributed by atoms with E-state index in [4.69, 9.17) is 9.47 Å². The summed E-state index contributed by atoms with van der Waals surface area (Å²) in [6.07, 6.45) is 4.52. The molecule has 1 saturated heterocycles. The predicted molar refractivity (Wildman–Crippen MR) is 146 cm³/mol. The summed E-state index contributed by atoms with van der Waals surface area (Å²) in [6, 6.07) is 8.77. The van der Waals surface area contributed by atoms with E-state index < -0.39 is 12.1 Å². The van der Waals surface area contributed by atoms with Crippen molar-refractivity contribution in [2.24, 2.45) is 11.8 Å². The van der Waals surface area contributed by atoms with Crippen molar-refractivity contribution in [1.82, 2.24) is 14.5 Å². The van der Waals surface area contributed by atoms with Crippen molar-refractivity contribution in [2.75, 3.05) is 44.5 Å². The number of carbonyl (C=O) groups is 3. The van der Waals surface area contributed by atoms with E-state index in [1.165, 1.54) is 19.1 Å². The summed E-state index contributed by atoms with van der Waals surface area (Å²) in [5.74, 6) is 0.276. The van der Waals surface area contributed by atoms with Gasteiger partial charge in [-0.1, -0.05) is 0 Å². The number of methoxy groups -OCH3 is 2. The van der Waals surface area contributed by atoms with Crippen molar-refractivity contribution < 1.29 is 29.0 Å². The highest BCUT2D eigenvalue weighted by molar-refractivity contribution is 6.08. The van der Waals surface area contributed by atoms with E-state index in [0.29, 0.717) is 48.4 Å². The molecule has 11 nitrogen and oxygen atoms in total. The van der Waals surface area contributed by atoms with Crippen LogP contribution in [0.4, 0.5) is 16.2 Å². The van der Waals surface area contributed by atoms with Gasteiger partial charge in [-0.05, 0) is 67.9 Å². The number of anilines is 2. The number of carboxylic acid groups (broad SMARTS) is 1. The third-order valence-electron chi connectivity index (χ3n) is 7.47. The number of piperidine rings is 1. The number of pyridine rings is 1. The number of fused-ring (bicyclic) bond motifs is 1. The van der Waals surface area contributed by atoms with Gasteiger partial charge in [-0.25, -0.2) is 14.6 Å². The first-order valence-electron chi connectivity index (χ1n) is 13.2. The molecule has 3 heterocycles. The first-order chi connectivity index (χ1) is 18.9. The number of amides is 2. The molecule has 0 unspecified atom stereocenters. The number of carbonyl (C=O) groups excluding carboxylic acids is 2. The summed E-state index contributed by atoms with van der Waals surface area (Å²) in [5, 5.41) is 16.5. The zero-order valence-electron chi connectivity index (χ0n) is 22.1. The number of aromatic nitrogens is 2. The highest BCUT2D eigenvalue weighted by Crippen LogP contribution is 2.37. The van der Waals surface area contributed by atoms with Gasteiger partial charge in [-0.15, -0.1) is 0 Å². The number of hydrogen-bond acceptors (Lipinski definition) is 7. The van der Waals surface area contributed by atoms with Crippen LogP contribution >= 0.6 is 0 Å². The summed E-state index contributed by atoms with van der Waals surface area (Å²) in [7, 11) is 2.80. The number of rotatable bonds is 9. The van der Waals surface area contributed by atoms with Crippen LogP contribution in [0, 0.1) is 11.8 Å². The quantitative estimate of drug-likeness (QED) is 0.345. The van der Waals surface area contributed by atoms with Crippen LogP contribution in [0.25, 0.3) is 11.0 Å². The minimum absolute atomic E-state index is 0.237. The largest absolute Gasteiger partial charge is 0.494 e. The third kappa shape index (κ3) is 5.76. The molecule has 2 aliphatic rings. The maximum atomic E-state index is 13.7. The minimum atomic E-state index is -0.902. The SMILES string of the molecule is COC(=O)c1cc(NC(=O)c2cc3cccnc3n2CC2CC2)c(NCC2CCN(C(=O)O)CC2)c(OC)c1. The summed E-state index contributed by atoms with van der Waals surface area (Å²) >= 11 is 0. The lowest BCUT2D eigenvalue weighted by atomic mass is 9.97. The molecule has 1 aromatic carbocycles. The number of ether oxygens (including phenoxy) is 2. The Morgan fingerprint density at radius 1 is 1.08 bits per heavy atom. The standard InChI is InChI=1S/C28H33N5O6/c1-38-23-14-20(27(35)39-2)12-21(24(23)30-15-17-7-10-32(11-8-17)28(36)37)31-26(34)22-13-19-4-3-9-29-25(19)33(22)16-18-5-6-18/h3-4,9,12-14,17-18,30H,5-8,10-11,15-16H2,1-2H3,(H,31,34)(H,36,37). The minimum Gasteiger partial charge on any atom is -0.494 e. The van der Waals surface area contributed by atoms with Crippen molar-refractivity contribution in [1.29, 1.82) is 0 Å². The fraction of sp³-hybridized carbons (Fsp3) is 0.429. The van der Waals surface area contributed by atoms with E-state index in [1.807, 2.05) is 22.8 Å². The maximum Gasteiger partial charge on any atom is 0.407 e. The van der Waals surface area contributed by atoms with Crippen LogP contribution in [0.1, 0.15) is 46.5 Å². The van der Waals surface area contributed by atoms with Gasteiger partial charge in [0.1, 0.15) is 22.8 Å². The van der Waals surface area contributed by atoms with Gasteiger partial charge >= 0.3 is 12.1 Å². The first-order valence-corrected chi connectivity index (χ1v) is 13.2. The molecule has 1 aliphatic carbocycles. The Morgan fingerprint density at radius 3 is 2.51 bits per heavy atom. The number of hydrogen-bond donors (Lipinski definition) is 3. The molecule has 0 spiro atoms. The van der Waals surface area contributed by atoms with Crippen LogP contribution < -0.4 is 15.4 Å². The lowest BCUT2D eigenvalue weighted by Gasteiger charge is -2.30. The fourth-order valence-electron chi connectivity index (χ4n) is 5.07. The van der Waals surface area contributed by atoms with Crippen molar-refractivity contribution in [3.05, 3.63) is 47.8 Å². The molecule has 11 heteroatoms. The van der Waals surface area contributed by atoms with E-state index in [0.717, 1.165) is 43.3 Å². The van der Waals surface area contributed by atoms with Gasteiger partial charge in [0.05, 0.1) is 25.5 Å². The normalized spacial score (nSPS) is 15.7. The molecule has 2 amide bonds. The molecular formula is C28H33N5O6. The summed E-state index contributed by atoms with van der Waals surface area (Å²) in [5.41, 5.74) is 2.43. The van der Waals surface area contributed by atoms with Crippen LogP contribution in [0.2, 0.25) is 0 Å². The molecular weight excluding hydrogens is 502 g/mol.